The van der Waals surface area contributed by atoms with E-state index in [2.05, 4.69) is 5.10 Å². The molecular weight excluding hydrogens is 182 g/mol. The van der Waals surface area contributed by atoms with Crippen LogP contribution in [-0.2, 0) is 7.05 Å². The second kappa shape index (κ2) is 4.05. The number of aromatic nitrogens is 2. The maximum absolute atomic E-state index is 4.70. The highest BCUT2D eigenvalue weighted by Gasteiger charge is 2.11. The van der Waals surface area contributed by atoms with Gasteiger partial charge < -0.3 is 0 Å². The zero-order valence-electron chi connectivity index (χ0n) is 7.94. The Kier molecular flexibility index (Phi) is 2.78. The van der Waals surface area contributed by atoms with Crippen molar-refractivity contribution in [2.75, 3.05) is 0 Å². The summed E-state index contributed by atoms with van der Waals surface area (Å²) in [4.78, 5) is 5.76. The van der Waals surface area contributed by atoms with E-state index in [1.54, 1.807) is 11.3 Å². The van der Waals surface area contributed by atoms with Crippen molar-refractivity contribution in [3.63, 3.8) is 0 Å². The topological polar surface area (TPSA) is 30.2 Å². The van der Waals surface area contributed by atoms with Crippen LogP contribution in [0, 0.1) is 0 Å². The van der Waals surface area contributed by atoms with Crippen LogP contribution in [-0.4, -0.2) is 15.8 Å². The Labute approximate surface area is 82.1 Å². The van der Waals surface area contributed by atoms with Gasteiger partial charge in [-0.3, -0.25) is 4.99 Å². The molecule has 0 aliphatic heterocycles. The Morgan fingerprint density at radius 2 is 2.23 bits per heavy atom. The molecule has 1 aromatic rings. The van der Waals surface area contributed by atoms with Crippen molar-refractivity contribution in [2.45, 2.75) is 38.1 Å². The first kappa shape index (κ1) is 8.94. The van der Waals surface area contributed by atoms with Gasteiger partial charge in [0.2, 0.25) is 4.80 Å². The minimum Gasteiger partial charge on any atom is -0.254 e. The molecule has 0 atom stereocenters. The Balaban J connectivity index is 2.14. The molecule has 1 aliphatic carbocycles. The van der Waals surface area contributed by atoms with Crippen molar-refractivity contribution < 1.29 is 0 Å². The summed E-state index contributed by atoms with van der Waals surface area (Å²) < 4.78 is 1.86. The predicted molar refractivity (Wildman–Crippen MR) is 53.5 cm³/mol. The largest absolute Gasteiger partial charge is 0.254 e. The lowest BCUT2D eigenvalue weighted by Crippen LogP contribution is -2.18. The highest BCUT2D eigenvalue weighted by molar-refractivity contribution is 7.06. The summed E-state index contributed by atoms with van der Waals surface area (Å²) in [5.74, 6) is 0. The highest BCUT2D eigenvalue weighted by Crippen LogP contribution is 2.19. The molecule has 72 valence electrons. The standard InChI is InChI=1S/C9H15N3S/c1-12-9(13-7-10-12)11-8-5-3-2-4-6-8/h7-8H,2-6H2,1H3. The Morgan fingerprint density at radius 1 is 1.46 bits per heavy atom. The van der Waals surface area contributed by atoms with Crippen LogP contribution in [0.3, 0.4) is 0 Å². The number of hydrogen-bond acceptors (Lipinski definition) is 3. The minimum absolute atomic E-state index is 0.556. The number of rotatable bonds is 1. The first-order chi connectivity index (χ1) is 6.36. The molecule has 2 rings (SSSR count). The number of nitrogens with zero attached hydrogens (tertiary/aromatic N) is 3. The van der Waals surface area contributed by atoms with Gasteiger partial charge in [0.1, 0.15) is 5.51 Å². The predicted octanol–water partition coefficient (Wildman–Crippen LogP) is 1.72. The van der Waals surface area contributed by atoms with Crippen molar-refractivity contribution in [1.82, 2.24) is 9.78 Å². The van der Waals surface area contributed by atoms with E-state index in [0.29, 0.717) is 6.04 Å². The summed E-state index contributed by atoms with van der Waals surface area (Å²) in [6.07, 6.45) is 6.60. The molecule has 0 spiro atoms. The molecule has 0 amide bonds. The van der Waals surface area contributed by atoms with E-state index in [0.717, 1.165) is 4.80 Å². The lowest BCUT2D eigenvalue weighted by molar-refractivity contribution is 0.434. The fraction of sp³-hybridized carbons (Fsp3) is 0.778. The third-order valence-electron chi connectivity index (χ3n) is 2.52. The van der Waals surface area contributed by atoms with Gasteiger partial charge in [0, 0.05) is 7.05 Å². The molecule has 0 unspecified atom stereocenters. The van der Waals surface area contributed by atoms with E-state index in [-0.39, 0.29) is 0 Å². The van der Waals surface area contributed by atoms with Gasteiger partial charge >= 0.3 is 0 Å². The SMILES string of the molecule is Cn1ncsc1=NC1CCCCC1. The third-order valence-corrected chi connectivity index (χ3v) is 3.30. The number of aryl methyl sites for hydroxylation is 1. The second-order valence-corrected chi connectivity index (χ2v) is 4.38. The molecule has 4 heteroatoms. The molecule has 1 aromatic heterocycles. The smallest absolute Gasteiger partial charge is 0.202 e. The molecule has 0 bridgehead atoms. The van der Waals surface area contributed by atoms with Gasteiger partial charge in [-0.05, 0) is 12.8 Å². The molecule has 0 saturated heterocycles. The van der Waals surface area contributed by atoms with E-state index in [9.17, 15) is 0 Å². The lowest BCUT2D eigenvalue weighted by atomic mass is 9.96. The lowest BCUT2D eigenvalue weighted by Gasteiger charge is -2.16. The van der Waals surface area contributed by atoms with E-state index in [1.165, 1.54) is 32.1 Å². The van der Waals surface area contributed by atoms with E-state index >= 15 is 0 Å². The van der Waals surface area contributed by atoms with Gasteiger partial charge in [-0.2, -0.15) is 5.10 Å². The maximum atomic E-state index is 4.70. The molecule has 3 nitrogen and oxygen atoms in total. The molecule has 0 aromatic carbocycles. The summed E-state index contributed by atoms with van der Waals surface area (Å²) in [6.45, 7) is 0. The van der Waals surface area contributed by atoms with Crippen molar-refractivity contribution in [3.05, 3.63) is 10.3 Å². The normalized spacial score (nSPS) is 20.8. The quantitative estimate of drug-likeness (QED) is 0.674. The third kappa shape index (κ3) is 2.18. The zero-order valence-corrected chi connectivity index (χ0v) is 8.76. The van der Waals surface area contributed by atoms with Crippen LogP contribution in [0.1, 0.15) is 32.1 Å². The molecule has 1 heterocycles. The van der Waals surface area contributed by atoms with Crippen molar-refractivity contribution >= 4 is 11.3 Å². The maximum Gasteiger partial charge on any atom is 0.202 e. The van der Waals surface area contributed by atoms with Crippen LogP contribution < -0.4 is 4.80 Å². The van der Waals surface area contributed by atoms with Crippen LogP contribution in [0.5, 0.6) is 0 Å². The summed E-state index contributed by atoms with van der Waals surface area (Å²) in [7, 11) is 1.96. The zero-order chi connectivity index (χ0) is 9.10. The van der Waals surface area contributed by atoms with Gasteiger partial charge in [0.15, 0.2) is 0 Å². The van der Waals surface area contributed by atoms with Crippen LogP contribution in [0.15, 0.2) is 10.5 Å². The summed E-state index contributed by atoms with van der Waals surface area (Å²) in [5, 5.41) is 4.12. The average Bonchev–Trinajstić information content (AvgIpc) is 2.54. The first-order valence-electron chi connectivity index (χ1n) is 4.87. The van der Waals surface area contributed by atoms with Crippen LogP contribution in [0.25, 0.3) is 0 Å². The van der Waals surface area contributed by atoms with Crippen LogP contribution in [0.4, 0.5) is 0 Å². The van der Waals surface area contributed by atoms with Gasteiger partial charge in [-0.15, -0.1) is 0 Å². The molecule has 1 aliphatic rings. The summed E-state index contributed by atoms with van der Waals surface area (Å²) in [5.41, 5.74) is 1.85. The second-order valence-electron chi connectivity index (χ2n) is 3.57. The summed E-state index contributed by atoms with van der Waals surface area (Å²) >= 11 is 1.63. The van der Waals surface area contributed by atoms with Crippen molar-refractivity contribution in [2.24, 2.45) is 12.0 Å². The van der Waals surface area contributed by atoms with Gasteiger partial charge in [0.25, 0.3) is 0 Å². The molecule has 0 radical (unpaired) electrons. The van der Waals surface area contributed by atoms with E-state index in [1.807, 2.05) is 17.2 Å². The Bertz CT molecular complexity index is 320. The molecule has 1 fully saturated rings. The van der Waals surface area contributed by atoms with E-state index in [4.69, 9.17) is 4.99 Å². The molecule has 0 N–H and O–H groups in total. The highest BCUT2D eigenvalue weighted by atomic mass is 32.1. The van der Waals surface area contributed by atoms with Crippen molar-refractivity contribution in [1.29, 1.82) is 0 Å². The molecule has 13 heavy (non-hydrogen) atoms. The van der Waals surface area contributed by atoms with Crippen molar-refractivity contribution in [3.8, 4) is 0 Å². The fourth-order valence-electron chi connectivity index (χ4n) is 1.75. The average molecular weight is 197 g/mol. The monoisotopic (exact) mass is 197 g/mol. The Hall–Kier alpha value is -0.640. The number of hydrogen-bond donors (Lipinski definition) is 0. The fourth-order valence-corrected chi connectivity index (χ4v) is 2.44. The minimum atomic E-state index is 0.556. The van der Waals surface area contributed by atoms with Crippen LogP contribution in [0.2, 0.25) is 0 Å². The van der Waals surface area contributed by atoms with Gasteiger partial charge in [-0.1, -0.05) is 30.6 Å². The first-order valence-corrected chi connectivity index (χ1v) is 5.75. The molecular formula is C9H15N3S. The van der Waals surface area contributed by atoms with Gasteiger partial charge in [-0.25, -0.2) is 4.68 Å². The van der Waals surface area contributed by atoms with Crippen LogP contribution >= 0.6 is 11.3 Å². The summed E-state index contributed by atoms with van der Waals surface area (Å²) in [6, 6.07) is 0.556. The van der Waals surface area contributed by atoms with E-state index < -0.39 is 0 Å². The Morgan fingerprint density at radius 3 is 2.85 bits per heavy atom. The van der Waals surface area contributed by atoms with Gasteiger partial charge in [0.05, 0.1) is 6.04 Å². The molecule has 1 saturated carbocycles.